The molecule has 0 radical (unpaired) electrons. The van der Waals surface area contributed by atoms with Gasteiger partial charge in [-0.15, -0.1) is 23.1 Å². The van der Waals surface area contributed by atoms with E-state index >= 15 is 0 Å². The van der Waals surface area contributed by atoms with E-state index in [1.807, 2.05) is 69.3 Å². The summed E-state index contributed by atoms with van der Waals surface area (Å²) < 4.78 is 0.535. The first-order valence-electron chi connectivity index (χ1n) is 11.4. The van der Waals surface area contributed by atoms with Crippen molar-refractivity contribution in [2.75, 3.05) is 16.8 Å². The molecule has 1 amide bonds. The van der Waals surface area contributed by atoms with E-state index in [4.69, 9.17) is 5.73 Å². The summed E-state index contributed by atoms with van der Waals surface area (Å²) in [4.78, 5) is 39.7. The second-order valence-electron chi connectivity index (χ2n) is 8.60. The van der Waals surface area contributed by atoms with Gasteiger partial charge in [-0.2, -0.15) is 0 Å². The molecule has 0 spiro atoms. The van der Waals surface area contributed by atoms with Crippen LogP contribution in [-0.2, 0) is 0 Å². The summed E-state index contributed by atoms with van der Waals surface area (Å²) in [6, 6.07) is 22.0. The Balaban J connectivity index is 1.65. The highest BCUT2D eigenvalue weighted by Crippen LogP contribution is 2.40. The molecule has 4 rings (SSSR count). The number of carbonyl (C=O) groups excluding carboxylic acids is 3. The number of nitrogens with two attached hydrogens (primary N) is 1. The third kappa shape index (κ3) is 5.75. The molecule has 0 aliphatic heterocycles. The molecule has 1 aromatic heterocycles. The summed E-state index contributed by atoms with van der Waals surface area (Å²) in [6.45, 7) is 5.87. The van der Waals surface area contributed by atoms with Crippen LogP contribution in [0.4, 0.5) is 11.4 Å². The third-order valence-electron chi connectivity index (χ3n) is 5.68. The van der Waals surface area contributed by atoms with Crippen LogP contribution in [0.25, 0.3) is 0 Å². The van der Waals surface area contributed by atoms with Gasteiger partial charge in [0.25, 0.3) is 5.91 Å². The van der Waals surface area contributed by atoms with Crippen LogP contribution in [0.5, 0.6) is 0 Å². The minimum absolute atomic E-state index is 0.0664. The van der Waals surface area contributed by atoms with Gasteiger partial charge in [0, 0.05) is 16.8 Å². The monoisotopic (exact) mass is 514 g/mol. The van der Waals surface area contributed by atoms with E-state index in [0.29, 0.717) is 21.0 Å². The van der Waals surface area contributed by atoms with E-state index in [1.54, 1.807) is 24.3 Å². The Bertz CT molecular complexity index is 1420. The number of ketones is 2. The van der Waals surface area contributed by atoms with Crippen molar-refractivity contribution < 1.29 is 14.4 Å². The Labute approximate surface area is 218 Å². The summed E-state index contributed by atoms with van der Waals surface area (Å²) in [7, 11) is 0. The first-order chi connectivity index (χ1) is 17.2. The lowest BCUT2D eigenvalue weighted by Crippen LogP contribution is -2.15. The molecule has 0 saturated heterocycles. The van der Waals surface area contributed by atoms with Crippen LogP contribution < -0.4 is 11.1 Å². The second-order valence-corrected chi connectivity index (χ2v) is 10.9. The van der Waals surface area contributed by atoms with Crippen molar-refractivity contribution in [2.45, 2.75) is 25.0 Å². The predicted octanol–water partition coefficient (Wildman–Crippen LogP) is 6.71. The Morgan fingerprint density at radius 3 is 1.83 bits per heavy atom. The number of benzene rings is 3. The van der Waals surface area contributed by atoms with Gasteiger partial charge in [0.1, 0.15) is 0 Å². The highest BCUT2D eigenvalue weighted by atomic mass is 32.2. The Kier molecular flexibility index (Phi) is 7.72. The van der Waals surface area contributed by atoms with Crippen LogP contribution in [0.3, 0.4) is 0 Å². The number of carbonyl (C=O) groups is 3. The molecule has 3 aromatic carbocycles. The van der Waals surface area contributed by atoms with Gasteiger partial charge in [0.2, 0.25) is 5.78 Å². The summed E-state index contributed by atoms with van der Waals surface area (Å²) in [5.41, 5.74) is 11.6. The quantitative estimate of drug-likeness (QED) is 0.201. The lowest BCUT2D eigenvalue weighted by molar-refractivity contribution is 0.101. The van der Waals surface area contributed by atoms with Crippen LogP contribution in [0.1, 0.15) is 52.6 Å². The largest absolute Gasteiger partial charge is 0.397 e. The molecule has 1 heterocycles. The van der Waals surface area contributed by atoms with E-state index < -0.39 is 5.91 Å². The molecule has 0 fully saturated rings. The van der Waals surface area contributed by atoms with Gasteiger partial charge in [0.15, 0.2) is 5.78 Å². The Hall–Kier alpha value is -3.68. The maximum absolute atomic E-state index is 13.3. The molecule has 0 bridgehead atoms. The first-order valence-corrected chi connectivity index (χ1v) is 13.2. The van der Waals surface area contributed by atoms with Crippen molar-refractivity contribution in [2.24, 2.45) is 0 Å². The summed E-state index contributed by atoms with van der Waals surface area (Å²) in [5.74, 6) is -0.617. The normalized spacial score (nSPS) is 10.8. The maximum Gasteiger partial charge on any atom is 0.259 e. The zero-order valence-corrected chi connectivity index (χ0v) is 21.9. The molecule has 0 atom stereocenters. The molecule has 0 saturated carbocycles. The molecule has 3 N–H and O–H groups in total. The fourth-order valence-electron chi connectivity index (χ4n) is 3.53. The molecule has 5 nitrogen and oxygen atoms in total. The highest BCUT2D eigenvalue weighted by molar-refractivity contribution is 8.01. The van der Waals surface area contributed by atoms with Crippen molar-refractivity contribution in [1.82, 2.24) is 0 Å². The van der Waals surface area contributed by atoms with Gasteiger partial charge in [-0.1, -0.05) is 77.4 Å². The number of Topliss-reactive ketones (excluding diaryl/α,β-unsaturated/α-hetero) is 1. The summed E-state index contributed by atoms with van der Waals surface area (Å²) >= 11 is 2.37. The Morgan fingerprint density at radius 1 is 0.778 bits per heavy atom. The molecule has 7 heteroatoms. The number of hydrogen-bond donors (Lipinski definition) is 2. The minimum Gasteiger partial charge on any atom is -0.397 e. The minimum atomic E-state index is -0.416. The lowest BCUT2D eigenvalue weighted by Gasteiger charge is -2.08. The zero-order chi connectivity index (χ0) is 25.8. The molecule has 0 aliphatic rings. The number of anilines is 2. The average Bonchev–Trinajstić information content (AvgIpc) is 3.20. The maximum atomic E-state index is 13.3. The van der Waals surface area contributed by atoms with Crippen molar-refractivity contribution in [1.29, 1.82) is 0 Å². The number of amides is 1. The fraction of sp³-hybridized carbons (Fsp3) is 0.138. The first kappa shape index (κ1) is 25.4. The van der Waals surface area contributed by atoms with Crippen LogP contribution in [0.15, 0.2) is 77.0 Å². The SMILES string of the molecule is Cc1ccc(NC(=O)c2c(SCC(=O)c3ccc(C)cc3)sc(C(=O)c3ccc(C)cc3)c2N)cc1. The number of thiophene rings is 1. The predicted molar refractivity (Wildman–Crippen MR) is 149 cm³/mol. The van der Waals surface area contributed by atoms with Gasteiger partial charge in [0.05, 0.1) is 26.1 Å². The van der Waals surface area contributed by atoms with Gasteiger partial charge in [-0.05, 0) is 32.9 Å². The number of nitrogen functional groups attached to an aromatic ring is 1. The average molecular weight is 515 g/mol. The van der Waals surface area contributed by atoms with Crippen LogP contribution in [0, 0.1) is 20.8 Å². The number of aryl methyl sites for hydroxylation is 3. The van der Waals surface area contributed by atoms with Crippen LogP contribution in [-0.4, -0.2) is 23.2 Å². The van der Waals surface area contributed by atoms with E-state index in [9.17, 15) is 14.4 Å². The lowest BCUT2D eigenvalue weighted by atomic mass is 10.1. The van der Waals surface area contributed by atoms with E-state index in [-0.39, 0.29) is 33.4 Å². The van der Waals surface area contributed by atoms with E-state index in [1.165, 1.54) is 11.8 Å². The van der Waals surface area contributed by atoms with Crippen molar-refractivity contribution >= 4 is 51.9 Å². The Morgan fingerprint density at radius 2 is 1.28 bits per heavy atom. The smallest absolute Gasteiger partial charge is 0.259 e. The van der Waals surface area contributed by atoms with Crippen LogP contribution in [0.2, 0.25) is 0 Å². The molecule has 4 aromatic rings. The van der Waals surface area contributed by atoms with Gasteiger partial charge in [-0.3, -0.25) is 14.4 Å². The number of hydrogen-bond acceptors (Lipinski definition) is 6. The number of nitrogens with one attached hydrogen (secondary N) is 1. The second kappa shape index (κ2) is 10.9. The van der Waals surface area contributed by atoms with E-state index in [0.717, 1.165) is 28.0 Å². The zero-order valence-electron chi connectivity index (χ0n) is 20.3. The summed E-state index contributed by atoms with van der Waals surface area (Å²) in [6.07, 6.45) is 0. The van der Waals surface area contributed by atoms with Gasteiger partial charge >= 0.3 is 0 Å². The van der Waals surface area contributed by atoms with Gasteiger partial charge in [-0.25, -0.2) is 0 Å². The molecular formula is C29H26N2O3S2. The summed E-state index contributed by atoms with van der Waals surface area (Å²) in [5, 5.41) is 2.87. The van der Waals surface area contributed by atoms with Crippen LogP contribution >= 0.6 is 23.1 Å². The number of thioether (sulfide) groups is 1. The molecule has 36 heavy (non-hydrogen) atoms. The van der Waals surface area contributed by atoms with Crippen molar-refractivity contribution in [3.8, 4) is 0 Å². The standard InChI is InChI=1S/C29H26N2O3S2/c1-17-4-10-20(11-5-17)23(32)16-35-29-24(28(34)31-22-14-8-19(3)9-15-22)25(30)27(36-29)26(33)21-12-6-18(2)7-13-21/h4-15H,16,30H2,1-3H3,(H,31,34). The molecule has 0 unspecified atom stereocenters. The fourth-order valence-corrected chi connectivity index (χ4v) is 5.88. The van der Waals surface area contributed by atoms with Gasteiger partial charge < -0.3 is 11.1 Å². The third-order valence-corrected chi connectivity index (χ3v) is 8.15. The highest BCUT2D eigenvalue weighted by Gasteiger charge is 2.27. The molecule has 0 aliphatic carbocycles. The van der Waals surface area contributed by atoms with Crippen molar-refractivity contribution in [3.63, 3.8) is 0 Å². The van der Waals surface area contributed by atoms with Crippen molar-refractivity contribution in [3.05, 3.63) is 111 Å². The molecule has 182 valence electrons. The molecular weight excluding hydrogens is 488 g/mol. The topological polar surface area (TPSA) is 89.3 Å². The number of rotatable bonds is 8. The van der Waals surface area contributed by atoms with E-state index in [2.05, 4.69) is 5.32 Å².